The van der Waals surface area contributed by atoms with Crippen LogP contribution in [0.15, 0.2) is 22.0 Å². The normalized spacial score (nSPS) is 23.8. The molecule has 3 heteroatoms. The van der Waals surface area contributed by atoms with Crippen LogP contribution in [0.25, 0.3) is 0 Å². The molecule has 46 valence electrons. The first-order chi connectivity index (χ1) is 4.36. The maximum atomic E-state index is 10.7. The molecule has 0 N–H and O–H groups in total. The third-order valence-electron chi connectivity index (χ3n) is 1.21. The van der Waals surface area contributed by atoms with E-state index in [-0.39, 0.29) is 5.12 Å². The first-order valence-corrected chi connectivity index (χ1v) is 4.43. The van der Waals surface area contributed by atoms with Crippen LogP contribution in [0.1, 0.15) is 0 Å². The Morgan fingerprint density at radius 2 is 2.33 bits per heavy atom. The molecular formula is C6H4OS2. The van der Waals surface area contributed by atoms with E-state index in [1.165, 1.54) is 21.6 Å². The van der Waals surface area contributed by atoms with Crippen LogP contribution in [0, 0.1) is 0 Å². The molecule has 0 radical (unpaired) electrons. The topological polar surface area (TPSA) is 17.1 Å². The zero-order valence-corrected chi connectivity index (χ0v) is 6.22. The standard InChI is InChI=1S/C6H4OS2/c7-6-3-5-4(9-6)1-2-8-5/h1,3H,2H2. The van der Waals surface area contributed by atoms with Gasteiger partial charge in [0, 0.05) is 21.6 Å². The van der Waals surface area contributed by atoms with Crippen molar-refractivity contribution in [2.24, 2.45) is 0 Å². The molecule has 0 saturated heterocycles. The van der Waals surface area contributed by atoms with Crippen molar-refractivity contribution in [2.45, 2.75) is 0 Å². The second-order valence-electron chi connectivity index (χ2n) is 1.81. The fourth-order valence-corrected chi connectivity index (χ4v) is 2.88. The minimum absolute atomic E-state index is 0.184. The van der Waals surface area contributed by atoms with Crippen molar-refractivity contribution in [3.8, 4) is 0 Å². The molecule has 0 aliphatic carbocycles. The van der Waals surface area contributed by atoms with Crippen molar-refractivity contribution in [3.63, 3.8) is 0 Å². The summed E-state index contributed by atoms with van der Waals surface area (Å²) in [6.07, 6.45) is 3.82. The molecule has 2 heterocycles. The number of fused-ring (bicyclic) bond motifs is 1. The summed E-state index contributed by atoms with van der Waals surface area (Å²) < 4.78 is 0. The van der Waals surface area contributed by atoms with Gasteiger partial charge in [-0.2, -0.15) is 0 Å². The number of carbonyl (C=O) groups is 1. The molecule has 0 aromatic rings. The zero-order chi connectivity index (χ0) is 6.27. The second kappa shape index (κ2) is 1.92. The first-order valence-electron chi connectivity index (χ1n) is 2.63. The van der Waals surface area contributed by atoms with Gasteiger partial charge < -0.3 is 0 Å². The number of hydrogen-bond acceptors (Lipinski definition) is 3. The van der Waals surface area contributed by atoms with Gasteiger partial charge in [0.2, 0.25) is 5.12 Å². The van der Waals surface area contributed by atoms with Crippen molar-refractivity contribution in [2.75, 3.05) is 5.75 Å². The molecule has 0 fully saturated rings. The summed E-state index contributed by atoms with van der Waals surface area (Å²) >= 11 is 3.09. The molecule has 2 aliphatic heterocycles. The fourth-order valence-electron chi connectivity index (χ4n) is 0.828. The van der Waals surface area contributed by atoms with Crippen molar-refractivity contribution in [1.29, 1.82) is 0 Å². The van der Waals surface area contributed by atoms with Gasteiger partial charge >= 0.3 is 0 Å². The predicted molar refractivity (Wildman–Crippen MR) is 41.2 cm³/mol. The van der Waals surface area contributed by atoms with Gasteiger partial charge in [0.05, 0.1) is 0 Å². The predicted octanol–water partition coefficient (Wildman–Crippen LogP) is 1.77. The molecule has 0 spiro atoms. The summed E-state index contributed by atoms with van der Waals surface area (Å²) in [4.78, 5) is 13.0. The molecule has 0 amide bonds. The van der Waals surface area contributed by atoms with E-state index in [0.29, 0.717) is 0 Å². The van der Waals surface area contributed by atoms with E-state index < -0.39 is 0 Å². The summed E-state index contributed by atoms with van der Waals surface area (Å²) in [6, 6.07) is 0. The van der Waals surface area contributed by atoms with Gasteiger partial charge in [0.25, 0.3) is 0 Å². The summed E-state index contributed by atoms with van der Waals surface area (Å²) in [5, 5.41) is 0.184. The third kappa shape index (κ3) is 0.843. The van der Waals surface area contributed by atoms with Gasteiger partial charge in [0.15, 0.2) is 0 Å². The number of rotatable bonds is 0. The summed E-state index contributed by atoms with van der Waals surface area (Å²) in [5.74, 6) is 1.04. The van der Waals surface area contributed by atoms with Crippen LogP contribution in [0.5, 0.6) is 0 Å². The van der Waals surface area contributed by atoms with Crippen molar-refractivity contribution in [3.05, 3.63) is 22.0 Å². The molecule has 2 rings (SSSR count). The number of hydrogen-bond donors (Lipinski definition) is 0. The summed E-state index contributed by atoms with van der Waals surface area (Å²) in [7, 11) is 0. The van der Waals surface area contributed by atoms with E-state index in [9.17, 15) is 4.79 Å². The van der Waals surface area contributed by atoms with Gasteiger partial charge in [-0.25, -0.2) is 0 Å². The average Bonchev–Trinajstić information content (AvgIpc) is 2.22. The van der Waals surface area contributed by atoms with Gasteiger partial charge in [-0.3, -0.25) is 4.79 Å². The van der Waals surface area contributed by atoms with Crippen LogP contribution in [-0.2, 0) is 4.79 Å². The molecule has 1 nitrogen and oxygen atoms in total. The third-order valence-corrected chi connectivity index (χ3v) is 3.25. The zero-order valence-electron chi connectivity index (χ0n) is 4.59. The lowest BCUT2D eigenvalue weighted by atomic mass is 10.4. The Kier molecular flexibility index (Phi) is 1.20. The van der Waals surface area contributed by atoms with Crippen molar-refractivity contribution < 1.29 is 4.79 Å². The Morgan fingerprint density at radius 3 is 3.11 bits per heavy atom. The Hall–Kier alpha value is -0.150. The lowest BCUT2D eigenvalue weighted by Gasteiger charge is -1.86. The first kappa shape index (κ1) is 5.62. The summed E-state index contributed by atoms with van der Waals surface area (Å²) in [6.45, 7) is 0. The quantitative estimate of drug-likeness (QED) is 0.532. The Morgan fingerprint density at radius 1 is 1.44 bits per heavy atom. The van der Waals surface area contributed by atoms with Gasteiger partial charge in [0.1, 0.15) is 0 Å². The van der Waals surface area contributed by atoms with E-state index in [1.54, 1.807) is 17.8 Å². The molecule has 0 bridgehead atoms. The minimum Gasteiger partial charge on any atom is -0.282 e. The van der Waals surface area contributed by atoms with E-state index in [4.69, 9.17) is 0 Å². The highest BCUT2D eigenvalue weighted by atomic mass is 32.2. The van der Waals surface area contributed by atoms with Gasteiger partial charge in [-0.15, -0.1) is 11.8 Å². The average molecular weight is 156 g/mol. The molecule has 2 aliphatic rings. The largest absolute Gasteiger partial charge is 0.282 e. The Labute approximate surface area is 61.6 Å². The second-order valence-corrected chi connectivity index (χ2v) is 3.92. The van der Waals surface area contributed by atoms with E-state index in [1.807, 2.05) is 0 Å². The highest BCUT2D eigenvalue weighted by molar-refractivity contribution is 8.20. The minimum atomic E-state index is 0.184. The van der Waals surface area contributed by atoms with Crippen LogP contribution in [0.2, 0.25) is 0 Å². The van der Waals surface area contributed by atoms with Crippen LogP contribution in [0.4, 0.5) is 0 Å². The SMILES string of the molecule is O=C1C=C2SCC=C2S1. The molecular weight excluding hydrogens is 152 g/mol. The fraction of sp³-hybridized carbons (Fsp3) is 0.167. The Bertz CT molecular complexity index is 227. The highest BCUT2D eigenvalue weighted by Crippen LogP contribution is 2.43. The lowest BCUT2D eigenvalue weighted by molar-refractivity contribution is -0.106. The van der Waals surface area contributed by atoms with Gasteiger partial charge in [-0.05, 0) is 11.8 Å². The highest BCUT2D eigenvalue weighted by Gasteiger charge is 2.22. The van der Waals surface area contributed by atoms with Crippen LogP contribution in [0.3, 0.4) is 0 Å². The molecule has 9 heavy (non-hydrogen) atoms. The smallest absolute Gasteiger partial charge is 0.218 e. The molecule has 0 aromatic carbocycles. The van der Waals surface area contributed by atoms with Gasteiger partial charge in [-0.1, -0.05) is 6.08 Å². The van der Waals surface area contributed by atoms with Crippen molar-refractivity contribution >= 4 is 28.6 Å². The lowest BCUT2D eigenvalue weighted by Crippen LogP contribution is -1.73. The van der Waals surface area contributed by atoms with Crippen LogP contribution in [-0.4, -0.2) is 10.9 Å². The monoisotopic (exact) mass is 156 g/mol. The van der Waals surface area contributed by atoms with E-state index in [0.717, 1.165) is 5.75 Å². The van der Waals surface area contributed by atoms with Crippen LogP contribution < -0.4 is 0 Å². The van der Waals surface area contributed by atoms with E-state index in [2.05, 4.69) is 6.08 Å². The molecule has 0 atom stereocenters. The summed E-state index contributed by atoms with van der Waals surface area (Å²) in [5.41, 5.74) is 0. The number of carbonyl (C=O) groups excluding carboxylic acids is 1. The Balaban J connectivity index is 2.41. The molecule has 0 unspecified atom stereocenters. The van der Waals surface area contributed by atoms with E-state index >= 15 is 0 Å². The number of thioether (sulfide) groups is 2. The maximum absolute atomic E-state index is 10.7. The molecule has 0 saturated carbocycles. The maximum Gasteiger partial charge on any atom is 0.218 e. The van der Waals surface area contributed by atoms with Crippen LogP contribution >= 0.6 is 23.5 Å². The molecule has 0 aromatic heterocycles. The van der Waals surface area contributed by atoms with Crippen molar-refractivity contribution in [1.82, 2.24) is 0 Å².